The number of carbonyl (C=O) groups is 1. The molecule has 1 heterocycles. The van der Waals surface area contributed by atoms with Crippen LogP contribution in [0.4, 0.5) is 5.69 Å². The van der Waals surface area contributed by atoms with Gasteiger partial charge in [0.25, 0.3) is 5.91 Å². The summed E-state index contributed by atoms with van der Waals surface area (Å²) in [5, 5.41) is 0. The third-order valence-corrected chi connectivity index (χ3v) is 4.72. The number of benzene rings is 1. The van der Waals surface area contributed by atoms with Crippen molar-refractivity contribution in [2.75, 3.05) is 11.4 Å². The van der Waals surface area contributed by atoms with E-state index in [-0.39, 0.29) is 5.91 Å². The van der Waals surface area contributed by atoms with Gasteiger partial charge in [-0.1, -0.05) is 17.7 Å². The van der Waals surface area contributed by atoms with Crippen LogP contribution in [0.5, 0.6) is 0 Å². The Morgan fingerprint density at radius 2 is 1.80 bits per heavy atom. The Kier molecular flexibility index (Phi) is 4.29. The number of carbonyl (C=O) groups excluding carboxylic acids is 1. The molecule has 0 saturated carbocycles. The smallest absolute Gasteiger partial charge is 0.268 e. The molecule has 2 nitrogen and oxygen atoms in total. The van der Waals surface area contributed by atoms with Crippen molar-refractivity contribution < 1.29 is 4.79 Å². The normalized spacial score (nSPS) is 10.7. The van der Waals surface area contributed by atoms with Crippen LogP contribution in [-0.2, 0) is 0 Å². The van der Waals surface area contributed by atoms with E-state index in [2.05, 4.69) is 39.8 Å². The van der Waals surface area contributed by atoms with Gasteiger partial charge in [0.2, 0.25) is 0 Å². The van der Waals surface area contributed by atoms with E-state index >= 15 is 0 Å². The lowest BCUT2D eigenvalue weighted by atomic mass is 10.1. The molecule has 0 saturated heterocycles. The van der Waals surface area contributed by atoms with E-state index in [1.54, 1.807) is 11.3 Å². The fourth-order valence-electron chi connectivity index (χ4n) is 2.34. The highest BCUT2D eigenvalue weighted by Crippen LogP contribution is 2.27. The summed E-state index contributed by atoms with van der Waals surface area (Å²) in [6.45, 7) is 10.9. The first kappa shape index (κ1) is 14.8. The standard InChI is InChI=1S/C17H21NOS/c1-6-18(15-8-7-11(2)9-13(15)4)17(19)16-10-12(3)14(5)20-16/h7-10H,6H2,1-5H3. The lowest BCUT2D eigenvalue weighted by Gasteiger charge is -2.22. The van der Waals surface area contributed by atoms with Gasteiger partial charge in [0.1, 0.15) is 0 Å². The molecule has 106 valence electrons. The molecule has 0 atom stereocenters. The highest BCUT2D eigenvalue weighted by atomic mass is 32.1. The monoisotopic (exact) mass is 287 g/mol. The van der Waals surface area contributed by atoms with Gasteiger partial charge in [0.05, 0.1) is 4.88 Å². The van der Waals surface area contributed by atoms with E-state index < -0.39 is 0 Å². The van der Waals surface area contributed by atoms with Crippen molar-refractivity contribution in [1.82, 2.24) is 0 Å². The maximum Gasteiger partial charge on any atom is 0.268 e. The van der Waals surface area contributed by atoms with E-state index in [9.17, 15) is 4.79 Å². The van der Waals surface area contributed by atoms with Gasteiger partial charge in [0, 0.05) is 17.1 Å². The number of hydrogen-bond donors (Lipinski definition) is 0. The topological polar surface area (TPSA) is 20.3 Å². The number of nitrogens with zero attached hydrogens (tertiary/aromatic N) is 1. The van der Waals surface area contributed by atoms with Crippen LogP contribution in [0.3, 0.4) is 0 Å². The van der Waals surface area contributed by atoms with Crippen LogP contribution >= 0.6 is 11.3 Å². The SMILES string of the molecule is CCN(C(=O)c1cc(C)c(C)s1)c1ccc(C)cc1C. The van der Waals surface area contributed by atoms with Gasteiger partial charge in [-0.15, -0.1) is 11.3 Å². The highest BCUT2D eigenvalue weighted by molar-refractivity contribution is 7.14. The van der Waals surface area contributed by atoms with Crippen molar-refractivity contribution in [3.8, 4) is 0 Å². The summed E-state index contributed by atoms with van der Waals surface area (Å²) in [7, 11) is 0. The van der Waals surface area contributed by atoms with Crippen LogP contribution in [0.1, 0.15) is 38.2 Å². The van der Waals surface area contributed by atoms with Crippen molar-refractivity contribution >= 4 is 22.9 Å². The molecule has 0 aliphatic carbocycles. The summed E-state index contributed by atoms with van der Waals surface area (Å²) in [6, 6.07) is 8.22. The van der Waals surface area contributed by atoms with Gasteiger partial charge in [-0.05, 0) is 57.9 Å². The zero-order chi connectivity index (χ0) is 14.9. The average Bonchev–Trinajstić information content (AvgIpc) is 2.73. The molecule has 1 aromatic heterocycles. The van der Waals surface area contributed by atoms with Crippen molar-refractivity contribution in [2.24, 2.45) is 0 Å². The van der Waals surface area contributed by atoms with Gasteiger partial charge in [-0.25, -0.2) is 0 Å². The van der Waals surface area contributed by atoms with E-state index in [1.807, 2.05) is 24.0 Å². The Hall–Kier alpha value is -1.61. The third-order valence-electron chi connectivity index (χ3n) is 3.58. The van der Waals surface area contributed by atoms with Gasteiger partial charge in [-0.2, -0.15) is 0 Å². The second-order valence-corrected chi connectivity index (χ2v) is 6.45. The van der Waals surface area contributed by atoms with E-state index in [4.69, 9.17) is 0 Å². The van der Waals surface area contributed by atoms with Crippen LogP contribution in [0.2, 0.25) is 0 Å². The number of hydrogen-bond acceptors (Lipinski definition) is 2. The lowest BCUT2D eigenvalue weighted by molar-refractivity contribution is 0.0992. The quantitative estimate of drug-likeness (QED) is 0.804. The second kappa shape index (κ2) is 5.80. The van der Waals surface area contributed by atoms with Crippen LogP contribution in [0.15, 0.2) is 24.3 Å². The molecule has 0 radical (unpaired) electrons. The molecule has 20 heavy (non-hydrogen) atoms. The summed E-state index contributed by atoms with van der Waals surface area (Å²) in [4.78, 5) is 16.6. The Morgan fingerprint density at radius 1 is 1.10 bits per heavy atom. The molecular formula is C17H21NOS. The Bertz CT molecular complexity index is 623. The van der Waals surface area contributed by atoms with Gasteiger partial charge >= 0.3 is 0 Å². The maximum absolute atomic E-state index is 12.7. The molecule has 0 bridgehead atoms. The summed E-state index contributed by atoms with van der Waals surface area (Å²) in [5.41, 5.74) is 4.56. The first-order valence-electron chi connectivity index (χ1n) is 6.90. The van der Waals surface area contributed by atoms with Crippen molar-refractivity contribution in [1.29, 1.82) is 0 Å². The Balaban J connectivity index is 2.39. The summed E-state index contributed by atoms with van der Waals surface area (Å²) in [5.74, 6) is 0.0978. The summed E-state index contributed by atoms with van der Waals surface area (Å²) >= 11 is 1.58. The predicted octanol–water partition coefficient (Wildman–Crippen LogP) is 4.65. The number of amides is 1. The first-order chi connectivity index (χ1) is 9.43. The van der Waals surface area contributed by atoms with Crippen LogP contribution < -0.4 is 4.90 Å². The minimum Gasteiger partial charge on any atom is -0.308 e. The van der Waals surface area contributed by atoms with E-state index in [0.717, 1.165) is 16.1 Å². The van der Waals surface area contributed by atoms with Crippen molar-refractivity contribution in [3.05, 3.63) is 50.7 Å². The number of thiophene rings is 1. The number of anilines is 1. The van der Waals surface area contributed by atoms with Crippen molar-refractivity contribution in [3.63, 3.8) is 0 Å². The molecule has 3 heteroatoms. The minimum atomic E-state index is 0.0978. The zero-order valence-corrected chi connectivity index (χ0v) is 13.6. The molecule has 0 aliphatic rings. The molecule has 0 fully saturated rings. The molecule has 1 aromatic carbocycles. The van der Waals surface area contributed by atoms with Crippen LogP contribution in [0.25, 0.3) is 0 Å². The molecule has 0 spiro atoms. The fourth-order valence-corrected chi connectivity index (χ4v) is 3.33. The lowest BCUT2D eigenvalue weighted by Crippen LogP contribution is -2.30. The molecule has 2 aromatic rings. The summed E-state index contributed by atoms with van der Waals surface area (Å²) < 4.78 is 0. The van der Waals surface area contributed by atoms with Gasteiger partial charge in [-0.3, -0.25) is 4.79 Å². The fraction of sp³-hybridized carbons (Fsp3) is 0.353. The number of rotatable bonds is 3. The maximum atomic E-state index is 12.7. The molecule has 0 unspecified atom stereocenters. The molecular weight excluding hydrogens is 266 g/mol. The minimum absolute atomic E-state index is 0.0978. The van der Waals surface area contributed by atoms with Crippen molar-refractivity contribution in [2.45, 2.75) is 34.6 Å². The second-order valence-electron chi connectivity index (χ2n) is 5.19. The first-order valence-corrected chi connectivity index (χ1v) is 7.71. The van der Waals surface area contributed by atoms with Gasteiger partial charge in [0.15, 0.2) is 0 Å². The van der Waals surface area contributed by atoms with Gasteiger partial charge < -0.3 is 4.90 Å². The van der Waals surface area contributed by atoms with Crippen LogP contribution in [0, 0.1) is 27.7 Å². The molecule has 0 aliphatic heterocycles. The largest absolute Gasteiger partial charge is 0.308 e. The Labute approximate surface area is 125 Å². The predicted molar refractivity (Wildman–Crippen MR) is 87.1 cm³/mol. The molecule has 2 rings (SSSR count). The third kappa shape index (κ3) is 2.78. The number of aryl methyl sites for hydroxylation is 4. The van der Waals surface area contributed by atoms with E-state index in [0.29, 0.717) is 6.54 Å². The molecule has 1 amide bonds. The summed E-state index contributed by atoms with van der Waals surface area (Å²) in [6.07, 6.45) is 0. The van der Waals surface area contributed by atoms with E-state index in [1.165, 1.54) is 16.0 Å². The zero-order valence-electron chi connectivity index (χ0n) is 12.8. The highest BCUT2D eigenvalue weighted by Gasteiger charge is 2.19. The average molecular weight is 287 g/mol. The Morgan fingerprint density at radius 3 is 2.30 bits per heavy atom. The van der Waals surface area contributed by atoms with Crippen LogP contribution in [-0.4, -0.2) is 12.5 Å². The molecule has 0 N–H and O–H groups in total.